The molecular formula is C16H17Br2NOS. The number of nitrogens with one attached hydrogen (secondary N) is 1. The van der Waals surface area contributed by atoms with E-state index in [1.807, 2.05) is 6.07 Å². The standard InChI is InChI=1S/C16H17Br2NOS/c1-2-7-19-15(14-8-12(17)16(18)21-14)11-9-20-13-6-4-3-5-10(11)13/h3-6,8,11,15,19H,2,7,9H2,1H3. The number of hydrogen-bond acceptors (Lipinski definition) is 3. The molecule has 0 aliphatic carbocycles. The Kier molecular flexibility index (Phi) is 5.04. The Bertz CT molecular complexity index is 609. The molecule has 2 unspecified atom stereocenters. The summed E-state index contributed by atoms with van der Waals surface area (Å²) in [6, 6.07) is 10.9. The van der Waals surface area contributed by atoms with Crippen LogP contribution in [0.3, 0.4) is 0 Å². The Labute approximate surface area is 146 Å². The summed E-state index contributed by atoms with van der Waals surface area (Å²) < 4.78 is 8.14. The maximum absolute atomic E-state index is 5.87. The summed E-state index contributed by atoms with van der Waals surface area (Å²) in [5.41, 5.74) is 1.31. The van der Waals surface area contributed by atoms with Gasteiger partial charge >= 0.3 is 0 Å². The predicted molar refractivity (Wildman–Crippen MR) is 95.4 cm³/mol. The quantitative estimate of drug-likeness (QED) is 0.676. The van der Waals surface area contributed by atoms with Crippen molar-refractivity contribution in [2.45, 2.75) is 25.3 Å². The van der Waals surface area contributed by atoms with E-state index in [4.69, 9.17) is 4.74 Å². The fourth-order valence-corrected chi connectivity index (χ4v) is 4.95. The molecule has 0 radical (unpaired) electrons. The van der Waals surface area contributed by atoms with E-state index in [1.54, 1.807) is 11.3 Å². The Morgan fingerprint density at radius 1 is 1.38 bits per heavy atom. The highest BCUT2D eigenvalue weighted by molar-refractivity contribution is 9.13. The van der Waals surface area contributed by atoms with Crippen molar-refractivity contribution >= 4 is 43.2 Å². The summed E-state index contributed by atoms with van der Waals surface area (Å²) in [4.78, 5) is 1.34. The van der Waals surface area contributed by atoms with E-state index in [1.165, 1.54) is 10.4 Å². The molecule has 1 aliphatic rings. The van der Waals surface area contributed by atoms with Gasteiger partial charge in [-0.05, 0) is 57.0 Å². The molecule has 112 valence electrons. The fraction of sp³-hybridized carbons (Fsp3) is 0.375. The third-order valence-electron chi connectivity index (χ3n) is 3.72. The predicted octanol–water partition coefficient (Wildman–Crippen LogP) is 5.49. The maximum Gasteiger partial charge on any atom is 0.122 e. The number of fused-ring (bicyclic) bond motifs is 1. The molecular weight excluding hydrogens is 414 g/mol. The van der Waals surface area contributed by atoms with Gasteiger partial charge in [-0.25, -0.2) is 0 Å². The first kappa shape index (κ1) is 15.5. The van der Waals surface area contributed by atoms with Crippen LogP contribution >= 0.6 is 43.2 Å². The highest BCUT2D eigenvalue weighted by Crippen LogP contribution is 2.45. The number of thiophene rings is 1. The first-order valence-corrected chi connectivity index (χ1v) is 9.50. The van der Waals surface area contributed by atoms with Crippen LogP contribution in [0, 0.1) is 0 Å². The lowest BCUT2D eigenvalue weighted by atomic mass is 9.92. The van der Waals surface area contributed by atoms with Crippen LogP contribution in [0.25, 0.3) is 0 Å². The minimum absolute atomic E-state index is 0.293. The smallest absolute Gasteiger partial charge is 0.122 e. The van der Waals surface area contributed by atoms with Crippen LogP contribution in [0.1, 0.15) is 35.7 Å². The second-order valence-corrected chi connectivity index (χ2v) is 8.41. The zero-order valence-electron chi connectivity index (χ0n) is 11.7. The lowest BCUT2D eigenvalue weighted by molar-refractivity contribution is 0.301. The summed E-state index contributed by atoms with van der Waals surface area (Å²) in [6.07, 6.45) is 1.12. The van der Waals surface area contributed by atoms with Crippen molar-refractivity contribution in [2.75, 3.05) is 13.2 Å². The third-order valence-corrected chi connectivity index (χ3v) is 7.06. The van der Waals surface area contributed by atoms with Crippen molar-refractivity contribution in [3.05, 3.63) is 49.0 Å². The van der Waals surface area contributed by atoms with Gasteiger partial charge in [-0.3, -0.25) is 0 Å². The lowest BCUT2D eigenvalue weighted by Gasteiger charge is -2.23. The van der Waals surface area contributed by atoms with Crippen molar-refractivity contribution in [2.24, 2.45) is 0 Å². The monoisotopic (exact) mass is 429 g/mol. The lowest BCUT2D eigenvalue weighted by Crippen LogP contribution is -2.28. The zero-order valence-corrected chi connectivity index (χ0v) is 15.7. The fourth-order valence-electron chi connectivity index (χ4n) is 2.72. The molecule has 0 amide bonds. The normalized spacial score (nSPS) is 18.3. The van der Waals surface area contributed by atoms with Gasteiger partial charge in [0.1, 0.15) is 5.75 Å². The van der Waals surface area contributed by atoms with Crippen LogP contribution in [0.15, 0.2) is 38.6 Å². The number of hydrogen-bond donors (Lipinski definition) is 1. The van der Waals surface area contributed by atoms with E-state index >= 15 is 0 Å². The van der Waals surface area contributed by atoms with Gasteiger partial charge in [0, 0.05) is 20.8 Å². The summed E-state index contributed by atoms with van der Waals surface area (Å²) in [5.74, 6) is 1.39. The SMILES string of the molecule is CCCNC(c1cc(Br)c(Br)s1)C1COc2ccccc21. The first-order chi connectivity index (χ1) is 10.2. The van der Waals surface area contributed by atoms with Gasteiger partial charge in [0.25, 0.3) is 0 Å². The molecule has 1 aromatic heterocycles. The zero-order chi connectivity index (χ0) is 14.8. The van der Waals surface area contributed by atoms with Crippen molar-refractivity contribution in [3.8, 4) is 5.75 Å². The number of benzene rings is 1. The molecule has 2 nitrogen and oxygen atoms in total. The maximum atomic E-state index is 5.87. The Morgan fingerprint density at radius 2 is 2.19 bits per heavy atom. The molecule has 2 heterocycles. The van der Waals surface area contributed by atoms with Crippen LogP contribution in [0.5, 0.6) is 5.75 Å². The molecule has 0 saturated heterocycles. The molecule has 2 aromatic rings. The summed E-state index contributed by atoms with van der Waals surface area (Å²) in [7, 11) is 0. The first-order valence-electron chi connectivity index (χ1n) is 7.10. The van der Waals surface area contributed by atoms with Gasteiger partial charge in [0.05, 0.1) is 16.4 Å². The topological polar surface area (TPSA) is 21.3 Å². The number of ether oxygens (including phenoxy) is 1. The molecule has 0 spiro atoms. The van der Waals surface area contributed by atoms with Crippen LogP contribution in [0.4, 0.5) is 0 Å². The molecule has 5 heteroatoms. The second kappa shape index (κ2) is 6.82. The van der Waals surface area contributed by atoms with Crippen molar-refractivity contribution in [1.29, 1.82) is 0 Å². The molecule has 3 rings (SSSR count). The van der Waals surface area contributed by atoms with E-state index in [0.717, 1.165) is 33.6 Å². The van der Waals surface area contributed by atoms with E-state index in [-0.39, 0.29) is 0 Å². The van der Waals surface area contributed by atoms with Crippen LogP contribution in [-0.2, 0) is 0 Å². The minimum Gasteiger partial charge on any atom is -0.493 e. The second-order valence-electron chi connectivity index (χ2n) is 5.16. The third kappa shape index (κ3) is 3.21. The minimum atomic E-state index is 0.293. The Hall–Kier alpha value is -0.360. The van der Waals surface area contributed by atoms with Crippen molar-refractivity contribution in [3.63, 3.8) is 0 Å². The van der Waals surface area contributed by atoms with Crippen molar-refractivity contribution in [1.82, 2.24) is 5.32 Å². The van der Waals surface area contributed by atoms with Gasteiger partial charge in [-0.15, -0.1) is 11.3 Å². The van der Waals surface area contributed by atoms with Gasteiger partial charge in [0.15, 0.2) is 0 Å². The average molecular weight is 431 g/mol. The van der Waals surface area contributed by atoms with Gasteiger partial charge in [0.2, 0.25) is 0 Å². The largest absolute Gasteiger partial charge is 0.493 e. The molecule has 21 heavy (non-hydrogen) atoms. The highest BCUT2D eigenvalue weighted by atomic mass is 79.9. The van der Waals surface area contributed by atoms with Crippen LogP contribution in [0.2, 0.25) is 0 Å². The molecule has 0 fully saturated rings. The van der Waals surface area contributed by atoms with Gasteiger partial charge in [-0.2, -0.15) is 0 Å². The molecule has 1 aromatic carbocycles. The van der Waals surface area contributed by atoms with E-state index in [2.05, 4.69) is 68.4 Å². The molecule has 0 bridgehead atoms. The molecule has 2 atom stereocenters. The summed E-state index contributed by atoms with van der Waals surface area (Å²) in [5, 5.41) is 3.70. The van der Waals surface area contributed by atoms with Crippen LogP contribution in [-0.4, -0.2) is 13.2 Å². The number of rotatable bonds is 5. The van der Waals surface area contributed by atoms with Gasteiger partial charge in [-0.1, -0.05) is 25.1 Å². The van der Waals surface area contributed by atoms with Gasteiger partial charge < -0.3 is 10.1 Å². The Morgan fingerprint density at radius 3 is 2.90 bits per heavy atom. The Balaban J connectivity index is 1.93. The summed E-state index contributed by atoms with van der Waals surface area (Å²) in [6.45, 7) is 3.95. The summed E-state index contributed by atoms with van der Waals surface area (Å²) >= 11 is 8.99. The molecule has 0 saturated carbocycles. The highest BCUT2D eigenvalue weighted by Gasteiger charge is 2.33. The van der Waals surface area contributed by atoms with E-state index < -0.39 is 0 Å². The van der Waals surface area contributed by atoms with Crippen molar-refractivity contribution < 1.29 is 4.74 Å². The van der Waals surface area contributed by atoms with Crippen LogP contribution < -0.4 is 10.1 Å². The van der Waals surface area contributed by atoms with E-state index in [0.29, 0.717) is 12.0 Å². The molecule has 1 aliphatic heterocycles. The number of halogens is 2. The average Bonchev–Trinajstić information content (AvgIpc) is 3.05. The number of para-hydroxylation sites is 1. The van der Waals surface area contributed by atoms with E-state index in [9.17, 15) is 0 Å². The molecule has 1 N–H and O–H groups in total.